The Hall–Kier alpha value is -1.79. The molecule has 1 aliphatic heterocycles. The van der Waals surface area contributed by atoms with E-state index >= 15 is 0 Å². The number of piperidine rings is 1. The number of aliphatic carboxylic acids is 1. The molecule has 1 rings (SSSR count). The highest BCUT2D eigenvalue weighted by molar-refractivity contribution is 5.88. The SMILES string of the molecule is CCCNC(=O)C(C)NC(=O)N1CCCC(C)C1C(=O)O. The number of nitrogens with zero attached hydrogens (tertiary/aromatic N) is 1. The number of amides is 3. The molecule has 0 spiro atoms. The van der Waals surface area contributed by atoms with Crippen LogP contribution in [0.15, 0.2) is 0 Å². The molecule has 7 nitrogen and oxygen atoms in total. The first-order valence-electron chi connectivity index (χ1n) is 7.46. The molecular formula is C14H25N3O4. The fourth-order valence-electron chi connectivity index (χ4n) is 2.53. The highest BCUT2D eigenvalue weighted by Gasteiger charge is 2.37. The van der Waals surface area contributed by atoms with E-state index < -0.39 is 24.1 Å². The van der Waals surface area contributed by atoms with Crippen molar-refractivity contribution in [3.05, 3.63) is 0 Å². The minimum absolute atomic E-state index is 0.0915. The van der Waals surface area contributed by atoms with E-state index in [1.165, 1.54) is 4.90 Å². The van der Waals surface area contributed by atoms with E-state index in [1.54, 1.807) is 6.92 Å². The van der Waals surface area contributed by atoms with Crippen LogP contribution in [0.4, 0.5) is 4.79 Å². The van der Waals surface area contributed by atoms with E-state index in [2.05, 4.69) is 10.6 Å². The van der Waals surface area contributed by atoms with Crippen LogP contribution in [0.3, 0.4) is 0 Å². The van der Waals surface area contributed by atoms with E-state index in [-0.39, 0.29) is 11.8 Å². The molecule has 0 aromatic rings. The van der Waals surface area contributed by atoms with Gasteiger partial charge in [0, 0.05) is 13.1 Å². The molecule has 1 saturated heterocycles. The topological polar surface area (TPSA) is 98.7 Å². The number of likely N-dealkylation sites (tertiary alicyclic amines) is 1. The van der Waals surface area contributed by atoms with Crippen LogP contribution in [-0.4, -0.2) is 53.1 Å². The first kappa shape index (κ1) is 17.3. The first-order valence-corrected chi connectivity index (χ1v) is 7.46. The molecule has 0 aromatic carbocycles. The van der Waals surface area contributed by atoms with Crippen molar-refractivity contribution >= 4 is 17.9 Å². The van der Waals surface area contributed by atoms with Gasteiger partial charge >= 0.3 is 12.0 Å². The summed E-state index contributed by atoms with van der Waals surface area (Å²) in [5.74, 6) is -1.35. The van der Waals surface area contributed by atoms with Gasteiger partial charge in [0.1, 0.15) is 12.1 Å². The summed E-state index contributed by atoms with van der Waals surface area (Å²) in [5.41, 5.74) is 0. The summed E-state index contributed by atoms with van der Waals surface area (Å²) >= 11 is 0. The summed E-state index contributed by atoms with van der Waals surface area (Å²) in [7, 11) is 0. The van der Waals surface area contributed by atoms with Crippen molar-refractivity contribution in [3.63, 3.8) is 0 Å². The lowest BCUT2D eigenvalue weighted by molar-refractivity contribution is -0.145. The molecule has 0 aliphatic carbocycles. The second kappa shape index (κ2) is 7.85. The summed E-state index contributed by atoms with van der Waals surface area (Å²) < 4.78 is 0. The maximum atomic E-state index is 12.2. The minimum atomic E-state index is -1.000. The van der Waals surface area contributed by atoms with E-state index in [0.29, 0.717) is 13.1 Å². The van der Waals surface area contributed by atoms with E-state index in [9.17, 15) is 19.5 Å². The standard InChI is InChI=1S/C14H25N3O4/c1-4-7-15-12(18)10(3)16-14(21)17-8-5-6-9(2)11(17)13(19)20/h9-11H,4-8H2,1-3H3,(H,15,18)(H,16,21)(H,19,20). The molecule has 3 amide bonds. The lowest BCUT2D eigenvalue weighted by Gasteiger charge is -2.37. The van der Waals surface area contributed by atoms with Gasteiger partial charge < -0.3 is 20.6 Å². The van der Waals surface area contributed by atoms with Crippen LogP contribution in [0, 0.1) is 5.92 Å². The quantitative estimate of drug-likeness (QED) is 0.699. The zero-order chi connectivity index (χ0) is 16.0. The van der Waals surface area contributed by atoms with Crippen molar-refractivity contribution in [3.8, 4) is 0 Å². The smallest absolute Gasteiger partial charge is 0.326 e. The van der Waals surface area contributed by atoms with Gasteiger partial charge in [0.15, 0.2) is 0 Å². The number of urea groups is 1. The highest BCUT2D eigenvalue weighted by atomic mass is 16.4. The Bertz CT molecular complexity index is 400. The molecule has 0 radical (unpaired) electrons. The Balaban J connectivity index is 2.64. The Morgan fingerprint density at radius 2 is 2.05 bits per heavy atom. The van der Waals surface area contributed by atoms with Crippen molar-refractivity contribution < 1.29 is 19.5 Å². The fourth-order valence-corrected chi connectivity index (χ4v) is 2.53. The van der Waals surface area contributed by atoms with Gasteiger partial charge in [0.25, 0.3) is 0 Å². The van der Waals surface area contributed by atoms with Crippen LogP contribution >= 0.6 is 0 Å². The largest absolute Gasteiger partial charge is 0.480 e. The molecule has 120 valence electrons. The third-order valence-corrected chi connectivity index (χ3v) is 3.73. The third kappa shape index (κ3) is 4.61. The number of hydrogen-bond donors (Lipinski definition) is 3. The Morgan fingerprint density at radius 1 is 1.38 bits per heavy atom. The highest BCUT2D eigenvalue weighted by Crippen LogP contribution is 2.23. The van der Waals surface area contributed by atoms with E-state index in [4.69, 9.17) is 0 Å². The second-order valence-electron chi connectivity index (χ2n) is 5.56. The number of carbonyl (C=O) groups is 3. The number of hydrogen-bond acceptors (Lipinski definition) is 3. The molecule has 7 heteroatoms. The van der Waals surface area contributed by atoms with Gasteiger partial charge in [-0.3, -0.25) is 4.79 Å². The fraction of sp³-hybridized carbons (Fsp3) is 0.786. The zero-order valence-corrected chi connectivity index (χ0v) is 12.9. The van der Waals surface area contributed by atoms with E-state index in [0.717, 1.165) is 19.3 Å². The van der Waals surface area contributed by atoms with Crippen LogP contribution < -0.4 is 10.6 Å². The lowest BCUT2D eigenvalue weighted by Crippen LogP contribution is -2.57. The summed E-state index contributed by atoms with van der Waals surface area (Å²) in [6.45, 7) is 6.31. The summed E-state index contributed by atoms with van der Waals surface area (Å²) in [4.78, 5) is 36.6. The predicted octanol–water partition coefficient (Wildman–Crippen LogP) is 0.796. The predicted molar refractivity (Wildman–Crippen MR) is 77.8 cm³/mol. The molecular weight excluding hydrogens is 274 g/mol. The first-order chi connectivity index (χ1) is 9.88. The van der Waals surface area contributed by atoms with Crippen LogP contribution in [0.25, 0.3) is 0 Å². The van der Waals surface area contributed by atoms with Crippen molar-refractivity contribution in [2.45, 2.75) is 52.1 Å². The maximum absolute atomic E-state index is 12.2. The van der Waals surface area contributed by atoms with Crippen molar-refractivity contribution in [2.24, 2.45) is 5.92 Å². The Morgan fingerprint density at radius 3 is 2.62 bits per heavy atom. The third-order valence-electron chi connectivity index (χ3n) is 3.73. The number of nitrogens with one attached hydrogen (secondary N) is 2. The van der Waals surface area contributed by atoms with Gasteiger partial charge in [0.05, 0.1) is 0 Å². The van der Waals surface area contributed by atoms with Crippen LogP contribution in [-0.2, 0) is 9.59 Å². The molecule has 3 atom stereocenters. The van der Waals surface area contributed by atoms with Gasteiger partial charge in [-0.15, -0.1) is 0 Å². The van der Waals surface area contributed by atoms with Gasteiger partial charge in [-0.2, -0.15) is 0 Å². The lowest BCUT2D eigenvalue weighted by atomic mass is 9.91. The molecule has 21 heavy (non-hydrogen) atoms. The van der Waals surface area contributed by atoms with Gasteiger partial charge in [-0.25, -0.2) is 9.59 Å². The zero-order valence-electron chi connectivity index (χ0n) is 12.9. The number of rotatable bonds is 5. The van der Waals surface area contributed by atoms with Crippen molar-refractivity contribution in [1.29, 1.82) is 0 Å². The molecule has 0 saturated carbocycles. The maximum Gasteiger partial charge on any atom is 0.326 e. The molecule has 0 aromatic heterocycles. The summed E-state index contributed by atoms with van der Waals surface area (Å²) in [5, 5.41) is 14.6. The average molecular weight is 299 g/mol. The number of carboxylic acid groups (broad SMARTS) is 1. The molecule has 1 heterocycles. The van der Waals surface area contributed by atoms with Gasteiger partial charge in [0.2, 0.25) is 5.91 Å². The van der Waals surface area contributed by atoms with Crippen molar-refractivity contribution in [1.82, 2.24) is 15.5 Å². The molecule has 1 fully saturated rings. The normalized spacial score (nSPS) is 23.3. The Kier molecular flexibility index (Phi) is 6.45. The van der Waals surface area contributed by atoms with Gasteiger partial charge in [-0.05, 0) is 32.1 Å². The monoisotopic (exact) mass is 299 g/mol. The van der Waals surface area contributed by atoms with Crippen molar-refractivity contribution in [2.75, 3.05) is 13.1 Å². The summed E-state index contributed by atoms with van der Waals surface area (Å²) in [6, 6.07) is -2.01. The summed E-state index contributed by atoms with van der Waals surface area (Å²) in [6.07, 6.45) is 2.37. The number of carbonyl (C=O) groups excluding carboxylic acids is 2. The minimum Gasteiger partial charge on any atom is -0.480 e. The van der Waals surface area contributed by atoms with E-state index in [1.807, 2.05) is 13.8 Å². The molecule has 1 aliphatic rings. The molecule has 0 bridgehead atoms. The number of carboxylic acids is 1. The van der Waals surface area contributed by atoms with Crippen LogP contribution in [0.2, 0.25) is 0 Å². The van der Waals surface area contributed by atoms with Gasteiger partial charge in [-0.1, -0.05) is 13.8 Å². The molecule has 3 unspecified atom stereocenters. The second-order valence-corrected chi connectivity index (χ2v) is 5.56. The van der Waals surface area contributed by atoms with Crippen LogP contribution in [0.5, 0.6) is 0 Å². The van der Waals surface area contributed by atoms with Crippen LogP contribution in [0.1, 0.15) is 40.0 Å². The Labute approximate surface area is 125 Å². The molecule has 3 N–H and O–H groups in total. The average Bonchev–Trinajstić information content (AvgIpc) is 2.43.